The van der Waals surface area contributed by atoms with E-state index in [4.69, 9.17) is 22.1 Å². The standard InChI is InChI=1S/C17H19ClFNO/c1-2-8-21-15-5-3-4-13(9-15)17(20)10-12-6-7-14(18)11-16(12)19/h3-7,9,11,17H,2,8,10,20H2,1H3. The Kier molecular flexibility index (Phi) is 5.59. The van der Waals surface area contributed by atoms with Crippen LogP contribution in [0.15, 0.2) is 42.5 Å². The molecule has 1 atom stereocenters. The van der Waals surface area contributed by atoms with E-state index in [2.05, 4.69) is 6.92 Å². The molecule has 0 aliphatic rings. The number of hydrogen-bond acceptors (Lipinski definition) is 2. The molecule has 0 spiro atoms. The van der Waals surface area contributed by atoms with Crippen molar-refractivity contribution in [3.63, 3.8) is 0 Å². The number of rotatable bonds is 6. The Morgan fingerprint density at radius 3 is 2.76 bits per heavy atom. The van der Waals surface area contributed by atoms with Crippen LogP contribution in [-0.4, -0.2) is 6.61 Å². The molecule has 0 aliphatic carbocycles. The first kappa shape index (κ1) is 15.8. The molecule has 1 unspecified atom stereocenters. The summed E-state index contributed by atoms with van der Waals surface area (Å²) in [5, 5.41) is 0.389. The molecule has 0 bridgehead atoms. The van der Waals surface area contributed by atoms with E-state index in [1.54, 1.807) is 12.1 Å². The molecule has 2 aromatic rings. The van der Waals surface area contributed by atoms with Crippen LogP contribution in [0.4, 0.5) is 4.39 Å². The Morgan fingerprint density at radius 2 is 2.05 bits per heavy atom. The Morgan fingerprint density at radius 1 is 1.24 bits per heavy atom. The number of benzene rings is 2. The van der Waals surface area contributed by atoms with Crippen molar-refractivity contribution in [2.24, 2.45) is 5.73 Å². The first-order chi connectivity index (χ1) is 10.1. The summed E-state index contributed by atoms with van der Waals surface area (Å²) < 4.78 is 19.4. The minimum Gasteiger partial charge on any atom is -0.494 e. The first-order valence-electron chi connectivity index (χ1n) is 7.02. The van der Waals surface area contributed by atoms with Gasteiger partial charge in [-0.2, -0.15) is 0 Å². The summed E-state index contributed by atoms with van der Waals surface area (Å²) in [6.07, 6.45) is 1.37. The monoisotopic (exact) mass is 307 g/mol. The maximum absolute atomic E-state index is 13.8. The van der Waals surface area contributed by atoms with Crippen molar-refractivity contribution < 1.29 is 9.13 Å². The van der Waals surface area contributed by atoms with Gasteiger partial charge in [-0.25, -0.2) is 4.39 Å². The van der Waals surface area contributed by atoms with Crippen LogP contribution in [-0.2, 0) is 6.42 Å². The van der Waals surface area contributed by atoms with Gasteiger partial charge in [0.05, 0.1) is 6.61 Å². The van der Waals surface area contributed by atoms with Gasteiger partial charge in [0, 0.05) is 11.1 Å². The zero-order valence-electron chi connectivity index (χ0n) is 12.0. The Bertz CT molecular complexity index is 603. The van der Waals surface area contributed by atoms with E-state index in [1.807, 2.05) is 24.3 Å². The van der Waals surface area contributed by atoms with Crippen molar-refractivity contribution in [3.8, 4) is 5.75 Å². The lowest BCUT2D eigenvalue weighted by Gasteiger charge is -2.14. The highest BCUT2D eigenvalue weighted by Crippen LogP contribution is 2.23. The summed E-state index contributed by atoms with van der Waals surface area (Å²) >= 11 is 5.75. The topological polar surface area (TPSA) is 35.2 Å². The minimum absolute atomic E-state index is 0.286. The quantitative estimate of drug-likeness (QED) is 0.852. The van der Waals surface area contributed by atoms with E-state index in [0.29, 0.717) is 23.6 Å². The fraction of sp³-hybridized carbons (Fsp3) is 0.294. The van der Waals surface area contributed by atoms with E-state index in [0.717, 1.165) is 17.7 Å². The normalized spacial score (nSPS) is 12.2. The highest BCUT2D eigenvalue weighted by atomic mass is 35.5. The van der Waals surface area contributed by atoms with Crippen molar-refractivity contribution in [2.75, 3.05) is 6.61 Å². The SMILES string of the molecule is CCCOc1cccc(C(N)Cc2ccc(Cl)cc2F)c1. The second-order valence-electron chi connectivity index (χ2n) is 4.97. The summed E-state index contributed by atoms with van der Waals surface area (Å²) in [7, 11) is 0. The third-order valence-electron chi connectivity index (χ3n) is 3.21. The number of nitrogens with two attached hydrogens (primary N) is 1. The van der Waals surface area contributed by atoms with E-state index >= 15 is 0 Å². The van der Waals surface area contributed by atoms with Gasteiger partial charge in [0.15, 0.2) is 0 Å². The van der Waals surface area contributed by atoms with Gasteiger partial charge in [-0.05, 0) is 48.2 Å². The van der Waals surface area contributed by atoms with Gasteiger partial charge in [-0.15, -0.1) is 0 Å². The second-order valence-corrected chi connectivity index (χ2v) is 5.40. The van der Waals surface area contributed by atoms with E-state index < -0.39 is 0 Å². The Hall–Kier alpha value is -1.58. The van der Waals surface area contributed by atoms with Crippen LogP contribution in [0.25, 0.3) is 0 Å². The smallest absolute Gasteiger partial charge is 0.127 e. The maximum atomic E-state index is 13.8. The number of hydrogen-bond donors (Lipinski definition) is 1. The Balaban J connectivity index is 2.10. The fourth-order valence-electron chi connectivity index (χ4n) is 2.10. The highest BCUT2D eigenvalue weighted by molar-refractivity contribution is 6.30. The minimum atomic E-state index is -0.323. The summed E-state index contributed by atoms with van der Waals surface area (Å²) in [6, 6.07) is 12.0. The molecule has 0 aromatic heterocycles. The van der Waals surface area contributed by atoms with E-state index in [1.165, 1.54) is 6.07 Å². The predicted molar refractivity (Wildman–Crippen MR) is 84.3 cm³/mol. The van der Waals surface area contributed by atoms with Crippen molar-refractivity contribution >= 4 is 11.6 Å². The van der Waals surface area contributed by atoms with Crippen LogP contribution in [0, 0.1) is 5.82 Å². The molecule has 2 N–H and O–H groups in total. The average Bonchev–Trinajstić information content (AvgIpc) is 2.48. The Labute approximate surface area is 129 Å². The number of ether oxygens (including phenoxy) is 1. The molecule has 0 saturated carbocycles. The van der Waals surface area contributed by atoms with Gasteiger partial charge >= 0.3 is 0 Å². The molecule has 112 valence electrons. The van der Waals surface area contributed by atoms with Crippen molar-refractivity contribution in [3.05, 3.63) is 64.4 Å². The highest BCUT2D eigenvalue weighted by Gasteiger charge is 2.11. The fourth-order valence-corrected chi connectivity index (χ4v) is 2.26. The van der Waals surface area contributed by atoms with E-state index in [-0.39, 0.29) is 11.9 Å². The van der Waals surface area contributed by atoms with Crippen LogP contribution >= 0.6 is 11.6 Å². The van der Waals surface area contributed by atoms with Gasteiger partial charge in [0.2, 0.25) is 0 Å². The molecule has 2 rings (SSSR count). The third kappa shape index (κ3) is 4.45. The molecule has 4 heteroatoms. The molecule has 0 radical (unpaired) electrons. The van der Waals surface area contributed by atoms with Crippen LogP contribution < -0.4 is 10.5 Å². The van der Waals surface area contributed by atoms with Gasteiger partial charge in [-0.1, -0.05) is 36.7 Å². The molecule has 0 heterocycles. The average molecular weight is 308 g/mol. The summed E-state index contributed by atoms with van der Waals surface area (Å²) in [4.78, 5) is 0. The van der Waals surface area contributed by atoms with Gasteiger partial charge < -0.3 is 10.5 Å². The predicted octanol–water partition coefficient (Wildman–Crippen LogP) is 4.51. The molecular formula is C17H19ClFNO. The first-order valence-corrected chi connectivity index (χ1v) is 7.40. The molecule has 2 aromatic carbocycles. The van der Waals surface area contributed by atoms with E-state index in [9.17, 15) is 4.39 Å². The number of halogens is 2. The second kappa shape index (κ2) is 7.43. The van der Waals surface area contributed by atoms with Crippen LogP contribution in [0.3, 0.4) is 0 Å². The van der Waals surface area contributed by atoms with Crippen molar-refractivity contribution in [1.82, 2.24) is 0 Å². The molecular weight excluding hydrogens is 289 g/mol. The zero-order valence-corrected chi connectivity index (χ0v) is 12.7. The van der Waals surface area contributed by atoms with Gasteiger partial charge in [0.25, 0.3) is 0 Å². The van der Waals surface area contributed by atoms with Crippen LogP contribution in [0.5, 0.6) is 5.75 Å². The van der Waals surface area contributed by atoms with Gasteiger partial charge in [-0.3, -0.25) is 0 Å². The molecule has 0 saturated heterocycles. The van der Waals surface area contributed by atoms with Crippen LogP contribution in [0.1, 0.15) is 30.5 Å². The lowest BCUT2D eigenvalue weighted by molar-refractivity contribution is 0.317. The van der Waals surface area contributed by atoms with Crippen molar-refractivity contribution in [1.29, 1.82) is 0 Å². The molecule has 2 nitrogen and oxygen atoms in total. The molecule has 0 aliphatic heterocycles. The maximum Gasteiger partial charge on any atom is 0.127 e. The molecule has 0 amide bonds. The lowest BCUT2D eigenvalue weighted by atomic mass is 9.99. The molecule has 21 heavy (non-hydrogen) atoms. The van der Waals surface area contributed by atoms with Crippen LogP contribution in [0.2, 0.25) is 5.02 Å². The summed E-state index contributed by atoms with van der Waals surface area (Å²) in [5.41, 5.74) is 7.67. The summed E-state index contributed by atoms with van der Waals surface area (Å²) in [6.45, 7) is 2.73. The largest absolute Gasteiger partial charge is 0.494 e. The zero-order chi connectivity index (χ0) is 15.2. The summed E-state index contributed by atoms with van der Waals surface area (Å²) in [5.74, 6) is 0.470. The van der Waals surface area contributed by atoms with Crippen molar-refractivity contribution in [2.45, 2.75) is 25.8 Å². The molecule has 0 fully saturated rings. The third-order valence-corrected chi connectivity index (χ3v) is 3.45. The van der Waals surface area contributed by atoms with Gasteiger partial charge in [0.1, 0.15) is 11.6 Å². The lowest BCUT2D eigenvalue weighted by Crippen LogP contribution is -2.14.